The van der Waals surface area contributed by atoms with Crippen molar-refractivity contribution in [1.29, 1.82) is 0 Å². The van der Waals surface area contributed by atoms with Crippen LogP contribution in [0.2, 0.25) is 0 Å². The summed E-state index contributed by atoms with van der Waals surface area (Å²) in [7, 11) is 0. The summed E-state index contributed by atoms with van der Waals surface area (Å²) >= 11 is 2.21. The van der Waals surface area contributed by atoms with Crippen molar-refractivity contribution >= 4 is 28.5 Å². The third-order valence-electron chi connectivity index (χ3n) is 2.84. The average molecular weight is 381 g/mol. The smallest absolute Gasteiger partial charge is 0.258 e. The van der Waals surface area contributed by atoms with Crippen LogP contribution >= 0.6 is 22.6 Å². The van der Waals surface area contributed by atoms with E-state index in [4.69, 9.17) is 4.74 Å². The molecule has 0 fully saturated rings. The first-order chi connectivity index (χ1) is 9.65. The van der Waals surface area contributed by atoms with E-state index in [2.05, 4.69) is 27.9 Å². The van der Waals surface area contributed by atoms with E-state index in [0.717, 1.165) is 9.13 Å². The number of rotatable bonds is 5. The molecule has 0 aliphatic rings. The van der Waals surface area contributed by atoms with E-state index in [9.17, 15) is 4.79 Å². The summed E-state index contributed by atoms with van der Waals surface area (Å²) in [5, 5.41) is 2.92. The molecule has 104 valence electrons. The molecule has 1 N–H and O–H groups in total. The van der Waals surface area contributed by atoms with Gasteiger partial charge in [0.1, 0.15) is 5.75 Å². The first-order valence-electron chi connectivity index (χ1n) is 6.38. The standard InChI is InChI=1S/C16H16INO2/c1-12(13-6-3-2-4-7-13)18-16(19)11-20-15-9-5-8-14(17)10-15/h2-10,12H,11H2,1H3,(H,18,19). The molecule has 0 saturated heterocycles. The van der Waals surface area contributed by atoms with E-state index in [1.807, 2.05) is 61.5 Å². The summed E-state index contributed by atoms with van der Waals surface area (Å²) in [6, 6.07) is 17.5. The van der Waals surface area contributed by atoms with Gasteiger partial charge in [0.05, 0.1) is 6.04 Å². The molecule has 0 aromatic heterocycles. The summed E-state index contributed by atoms with van der Waals surface area (Å²) in [6.45, 7) is 1.98. The van der Waals surface area contributed by atoms with Crippen molar-refractivity contribution in [3.8, 4) is 5.75 Å². The van der Waals surface area contributed by atoms with Crippen LogP contribution in [0, 0.1) is 3.57 Å². The first-order valence-corrected chi connectivity index (χ1v) is 7.45. The van der Waals surface area contributed by atoms with Gasteiger partial charge in [-0.3, -0.25) is 4.79 Å². The number of carbonyl (C=O) groups is 1. The van der Waals surface area contributed by atoms with Gasteiger partial charge in [-0.2, -0.15) is 0 Å². The third kappa shape index (κ3) is 4.52. The minimum atomic E-state index is -0.125. The fraction of sp³-hybridized carbons (Fsp3) is 0.188. The molecule has 20 heavy (non-hydrogen) atoms. The van der Waals surface area contributed by atoms with Crippen molar-refractivity contribution in [3.63, 3.8) is 0 Å². The summed E-state index contributed by atoms with van der Waals surface area (Å²) in [6.07, 6.45) is 0. The molecule has 0 radical (unpaired) electrons. The lowest BCUT2D eigenvalue weighted by Crippen LogP contribution is -2.31. The summed E-state index contributed by atoms with van der Waals surface area (Å²) < 4.78 is 6.55. The molecule has 1 atom stereocenters. The molecule has 0 bridgehead atoms. The number of nitrogens with one attached hydrogen (secondary N) is 1. The number of hydrogen-bond donors (Lipinski definition) is 1. The van der Waals surface area contributed by atoms with Crippen LogP contribution in [0.15, 0.2) is 54.6 Å². The zero-order chi connectivity index (χ0) is 14.4. The molecule has 0 heterocycles. The number of halogens is 1. The normalized spacial score (nSPS) is 11.7. The molecule has 1 amide bonds. The molecular formula is C16H16INO2. The maximum Gasteiger partial charge on any atom is 0.258 e. The van der Waals surface area contributed by atoms with Gasteiger partial charge in [-0.15, -0.1) is 0 Å². The van der Waals surface area contributed by atoms with E-state index in [-0.39, 0.29) is 18.6 Å². The highest BCUT2D eigenvalue weighted by Gasteiger charge is 2.09. The molecule has 0 aliphatic heterocycles. The Bertz CT molecular complexity index is 572. The quantitative estimate of drug-likeness (QED) is 0.805. The molecule has 1 unspecified atom stereocenters. The van der Waals surface area contributed by atoms with Crippen molar-refractivity contribution in [2.75, 3.05) is 6.61 Å². The molecular weight excluding hydrogens is 365 g/mol. The Hall–Kier alpha value is -1.56. The van der Waals surface area contributed by atoms with Gasteiger partial charge in [-0.1, -0.05) is 36.4 Å². The second-order valence-corrected chi connectivity index (χ2v) is 5.69. The minimum absolute atomic E-state index is 0.0248. The molecule has 4 heteroatoms. The lowest BCUT2D eigenvalue weighted by atomic mass is 10.1. The Morgan fingerprint density at radius 3 is 2.65 bits per heavy atom. The van der Waals surface area contributed by atoms with Crippen LogP contribution in [0.25, 0.3) is 0 Å². The predicted molar refractivity (Wildman–Crippen MR) is 87.7 cm³/mol. The van der Waals surface area contributed by atoms with Gasteiger partial charge < -0.3 is 10.1 Å². The van der Waals surface area contributed by atoms with Crippen molar-refractivity contribution in [2.24, 2.45) is 0 Å². The van der Waals surface area contributed by atoms with Gasteiger partial charge in [0.25, 0.3) is 5.91 Å². The van der Waals surface area contributed by atoms with E-state index < -0.39 is 0 Å². The summed E-state index contributed by atoms with van der Waals surface area (Å²) in [5.74, 6) is 0.583. The van der Waals surface area contributed by atoms with E-state index in [1.54, 1.807) is 0 Å². The molecule has 2 aromatic rings. The van der Waals surface area contributed by atoms with Crippen molar-refractivity contribution in [3.05, 3.63) is 63.7 Å². The second kappa shape index (κ2) is 7.28. The van der Waals surface area contributed by atoms with Crippen LogP contribution < -0.4 is 10.1 Å². The van der Waals surface area contributed by atoms with E-state index in [0.29, 0.717) is 5.75 Å². The zero-order valence-corrected chi connectivity index (χ0v) is 13.3. The molecule has 0 saturated carbocycles. The lowest BCUT2D eigenvalue weighted by Gasteiger charge is -2.14. The number of hydrogen-bond acceptors (Lipinski definition) is 2. The minimum Gasteiger partial charge on any atom is -0.484 e. The largest absolute Gasteiger partial charge is 0.484 e. The van der Waals surface area contributed by atoms with Crippen LogP contribution in [-0.2, 0) is 4.79 Å². The van der Waals surface area contributed by atoms with Gasteiger partial charge in [-0.05, 0) is 53.3 Å². The highest BCUT2D eigenvalue weighted by atomic mass is 127. The Morgan fingerprint density at radius 1 is 1.20 bits per heavy atom. The van der Waals surface area contributed by atoms with Gasteiger partial charge in [0, 0.05) is 3.57 Å². The SMILES string of the molecule is CC(NC(=O)COc1cccc(I)c1)c1ccccc1. The zero-order valence-electron chi connectivity index (χ0n) is 11.2. The third-order valence-corrected chi connectivity index (χ3v) is 3.51. The molecule has 2 aromatic carbocycles. The molecule has 3 nitrogen and oxygen atoms in total. The number of ether oxygens (including phenoxy) is 1. The van der Waals surface area contributed by atoms with Crippen LogP contribution in [0.1, 0.15) is 18.5 Å². The van der Waals surface area contributed by atoms with Crippen LogP contribution in [0.4, 0.5) is 0 Å². The van der Waals surface area contributed by atoms with Crippen molar-refractivity contribution in [1.82, 2.24) is 5.32 Å². The Morgan fingerprint density at radius 2 is 1.95 bits per heavy atom. The van der Waals surface area contributed by atoms with E-state index >= 15 is 0 Å². The van der Waals surface area contributed by atoms with Gasteiger partial charge >= 0.3 is 0 Å². The van der Waals surface area contributed by atoms with Gasteiger partial charge in [0.15, 0.2) is 6.61 Å². The lowest BCUT2D eigenvalue weighted by molar-refractivity contribution is -0.123. The van der Waals surface area contributed by atoms with Crippen LogP contribution in [0.5, 0.6) is 5.75 Å². The Kier molecular flexibility index (Phi) is 5.40. The van der Waals surface area contributed by atoms with Crippen LogP contribution in [0.3, 0.4) is 0 Å². The van der Waals surface area contributed by atoms with Crippen molar-refractivity contribution < 1.29 is 9.53 Å². The van der Waals surface area contributed by atoms with E-state index in [1.165, 1.54) is 0 Å². The predicted octanol–water partition coefficient (Wildman–Crippen LogP) is 3.55. The summed E-state index contributed by atoms with van der Waals surface area (Å²) in [5.41, 5.74) is 1.08. The van der Waals surface area contributed by atoms with Gasteiger partial charge in [0.2, 0.25) is 0 Å². The fourth-order valence-electron chi connectivity index (χ4n) is 1.81. The Balaban J connectivity index is 1.84. The average Bonchev–Trinajstić information content (AvgIpc) is 2.46. The maximum atomic E-state index is 11.8. The highest BCUT2D eigenvalue weighted by molar-refractivity contribution is 14.1. The summed E-state index contributed by atoms with van der Waals surface area (Å²) in [4.78, 5) is 11.8. The maximum absolute atomic E-state index is 11.8. The second-order valence-electron chi connectivity index (χ2n) is 4.45. The fourth-order valence-corrected chi connectivity index (χ4v) is 2.33. The van der Waals surface area contributed by atoms with Crippen LogP contribution in [-0.4, -0.2) is 12.5 Å². The Labute approximate surface area is 132 Å². The molecule has 0 aliphatic carbocycles. The first kappa shape index (κ1) is 14.8. The number of carbonyl (C=O) groups excluding carboxylic acids is 1. The monoisotopic (exact) mass is 381 g/mol. The molecule has 2 rings (SSSR count). The number of benzene rings is 2. The van der Waals surface area contributed by atoms with Crippen molar-refractivity contribution in [2.45, 2.75) is 13.0 Å². The highest BCUT2D eigenvalue weighted by Crippen LogP contribution is 2.15. The topological polar surface area (TPSA) is 38.3 Å². The van der Waals surface area contributed by atoms with Gasteiger partial charge in [-0.25, -0.2) is 0 Å². The number of amides is 1. The molecule has 0 spiro atoms.